The minimum absolute atomic E-state index is 0.129. The number of carbonyl (C=O) groups is 1. The van der Waals surface area contributed by atoms with Gasteiger partial charge >= 0.3 is 5.97 Å². The monoisotopic (exact) mass is 310 g/mol. The van der Waals surface area contributed by atoms with Crippen LogP contribution in [0.2, 0.25) is 0 Å². The van der Waals surface area contributed by atoms with E-state index >= 15 is 0 Å². The number of ether oxygens (including phenoxy) is 1. The molecule has 2 heterocycles. The lowest BCUT2D eigenvalue weighted by molar-refractivity contribution is -0.133. The number of rotatable bonds is 7. The number of thioether (sulfide) groups is 1. The molecule has 0 atom stereocenters. The Morgan fingerprint density at radius 1 is 1.52 bits per heavy atom. The Labute approximate surface area is 124 Å². The van der Waals surface area contributed by atoms with Crippen molar-refractivity contribution >= 4 is 17.7 Å². The van der Waals surface area contributed by atoms with Gasteiger partial charge in [0.05, 0.1) is 24.5 Å². The molecule has 0 aliphatic heterocycles. The van der Waals surface area contributed by atoms with Crippen LogP contribution in [-0.2, 0) is 16.1 Å². The number of carboxylic acid groups (broad SMARTS) is 1. The second kappa shape index (κ2) is 7.04. The van der Waals surface area contributed by atoms with Gasteiger partial charge in [-0.15, -0.1) is 10.2 Å². The zero-order valence-electron chi connectivity index (χ0n) is 11.3. The first-order chi connectivity index (χ1) is 10.1. The molecule has 0 spiro atoms. The molecule has 0 unspecified atom stereocenters. The van der Waals surface area contributed by atoms with Gasteiger partial charge in [0.2, 0.25) is 0 Å². The highest BCUT2D eigenvalue weighted by molar-refractivity contribution is 7.99. The van der Waals surface area contributed by atoms with Gasteiger partial charge in [-0.2, -0.15) is 0 Å². The summed E-state index contributed by atoms with van der Waals surface area (Å²) < 4.78 is 6.71. The number of aromatic amines is 1. The minimum atomic E-state index is -0.944. The first-order valence-corrected chi connectivity index (χ1v) is 7.06. The van der Waals surface area contributed by atoms with Gasteiger partial charge < -0.3 is 14.8 Å². The van der Waals surface area contributed by atoms with E-state index in [4.69, 9.17) is 9.84 Å². The van der Waals surface area contributed by atoms with Gasteiger partial charge in [0.25, 0.3) is 0 Å². The smallest absolute Gasteiger partial charge is 0.313 e. The van der Waals surface area contributed by atoms with Crippen molar-refractivity contribution in [1.29, 1.82) is 0 Å². The molecule has 2 N–H and O–H groups in total. The van der Waals surface area contributed by atoms with Gasteiger partial charge in [-0.05, 0) is 0 Å². The van der Waals surface area contributed by atoms with Crippen LogP contribution in [0.1, 0.15) is 0 Å². The molecule has 0 saturated heterocycles. The average Bonchev–Trinajstić information content (AvgIpc) is 2.86. The lowest BCUT2D eigenvalue weighted by Gasteiger charge is -2.08. The van der Waals surface area contributed by atoms with E-state index in [0.29, 0.717) is 29.7 Å². The third-order valence-electron chi connectivity index (χ3n) is 2.63. The fourth-order valence-corrected chi connectivity index (χ4v) is 2.38. The van der Waals surface area contributed by atoms with Gasteiger partial charge in [-0.25, -0.2) is 0 Å². The number of nitrogens with one attached hydrogen (secondary N) is 1. The number of hydrogen-bond acceptors (Lipinski definition) is 6. The summed E-state index contributed by atoms with van der Waals surface area (Å²) >= 11 is 1.05. The average molecular weight is 310 g/mol. The van der Waals surface area contributed by atoms with E-state index in [-0.39, 0.29) is 11.2 Å². The molecule has 0 bridgehead atoms. The van der Waals surface area contributed by atoms with Crippen molar-refractivity contribution < 1.29 is 14.6 Å². The molecule has 0 radical (unpaired) electrons. The summed E-state index contributed by atoms with van der Waals surface area (Å²) in [5.74, 6) is -0.682. The van der Waals surface area contributed by atoms with Crippen LogP contribution in [0.3, 0.4) is 0 Å². The molecule has 2 aromatic rings. The molecule has 8 nitrogen and oxygen atoms in total. The molecule has 21 heavy (non-hydrogen) atoms. The summed E-state index contributed by atoms with van der Waals surface area (Å²) in [5, 5.41) is 17.2. The van der Waals surface area contributed by atoms with E-state index < -0.39 is 5.97 Å². The Hall–Kier alpha value is -2.13. The maximum Gasteiger partial charge on any atom is 0.313 e. The molecule has 2 aromatic heterocycles. The Kier molecular flexibility index (Phi) is 5.12. The topological polar surface area (TPSA) is 110 Å². The summed E-state index contributed by atoms with van der Waals surface area (Å²) in [4.78, 5) is 25.4. The first-order valence-electron chi connectivity index (χ1n) is 6.07. The van der Waals surface area contributed by atoms with Gasteiger partial charge in [0.15, 0.2) is 16.4 Å². The van der Waals surface area contributed by atoms with Crippen molar-refractivity contribution in [2.24, 2.45) is 0 Å². The fraction of sp³-hybridized carbons (Fsp3) is 0.333. The zero-order valence-corrected chi connectivity index (χ0v) is 12.1. The second-order valence-electron chi connectivity index (χ2n) is 4.06. The molecule has 0 amide bonds. The number of aliphatic carboxylic acids is 1. The highest BCUT2D eigenvalue weighted by Crippen LogP contribution is 2.21. The third kappa shape index (κ3) is 3.70. The Balaban J connectivity index is 2.39. The number of carboxylic acids is 1. The van der Waals surface area contributed by atoms with Crippen molar-refractivity contribution in [2.75, 3.05) is 19.5 Å². The predicted molar refractivity (Wildman–Crippen MR) is 76.3 cm³/mol. The molecule has 9 heteroatoms. The molecule has 0 aliphatic carbocycles. The van der Waals surface area contributed by atoms with Gasteiger partial charge in [0, 0.05) is 25.6 Å². The summed E-state index contributed by atoms with van der Waals surface area (Å²) in [6.07, 6.45) is 3.07. The summed E-state index contributed by atoms with van der Waals surface area (Å²) in [7, 11) is 1.56. The van der Waals surface area contributed by atoms with Crippen molar-refractivity contribution in [1.82, 2.24) is 19.7 Å². The summed E-state index contributed by atoms with van der Waals surface area (Å²) in [5.41, 5.74) is 0.192. The number of hydrogen-bond donors (Lipinski definition) is 2. The van der Waals surface area contributed by atoms with E-state index in [1.54, 1.807) is 17.9 Å². The van der Waals surface area contributed by atoms with Crippen molar-refractivity contribution in [2.45, 2.75) is 11.7 Å². The summed E-state index contributed by atoms with van der Waals surface area (Å²) in [6.45, 7) is 0.825. The van der Waals surface area contributed by atoms with Crippen molar-refractivity contribution in [3.8, 4) is 11.4 Å². The zero-order chi connectivity index (χ0) is 15.2. The predicted octanol–water partition coefficient (Wildman–Crippen LogP) is 0.456. The van der Waals surface area contributed by atoms with Crippen LogP contribution in [0.4, 0.5) is 0 Å². The number of aromatic nitrogens is 4. The second-order valence-corrected chi connectivity index (χ2v) is 5.00. The maximum absolute atomic E-state index is 11.9. The van der Waals surface area contributed by atoms with E-state index in [1.165, 1.54) is 12.3 Å². The van der Waals surface area contributed by atoms with Gasteiger partial charge in [0.1, 0.15) is 0 Å². The maximum atomic E-state index is 11.9. The van der Waals surface area contributed by atoms with Crippen LogP contribution >= 0.6 is 11.8 Å². The fourth-order valence-electron chi connectivity index (χ4n) is 1.70. The van der Waals surface area contributed by atoms with E-state index in [2.05, 4.69) is 15.2 Å². The van der Waals surface area contributed by atoms with E-state index in [0.717, 1.165) is 11.8 Å². The lowest BCUT2D eigenvalue weighted by atomic mass is 10.2. The van der Waals surface area contributed by atoms with E-state index in [1.807, 2.05) is 0 Å². The molecule has 2 rings (SSSR count). The third-order valence-corrected chi connectivity index (χ3v) is 3.58. The molecule has 112 valence electrons. The SMILES string of the molecule is COCCn1c(SCC(=O)O)nnc1-c1c[nH]ccc1=O. The number of pyridine rings is 1. The van der Waals surface area contributed by atoms with Crippen molar-refractivity contribution in [3.05, 3.63) is 28.7 Å². The molecule has 0 aromatic carbocycles. The van der Waals surface area contributed by atoms with Gasteiger partial charge in [-0.3, -0.25) is 14.2 Å². The van der Waals surface area contributed by atoms with Crippen LogP contribution in [-0.4, -0.2) is 50.3 Å². The van der Waals surface area contributed by atoms with Crippen LogP contribution in [0.25, 0.3) is 11.4 Å². The number of nitrogens with zero attached hydrogens (tertiary/aromatic N) is 3. The Morgan fingerprint density at radius 3 is 3.00 bits per heavy atom. The highest BCUT2D eigenvalue weighted by Gasteiger charge is 2.17. The van der Waals surface area contributed by atoms with Crippen molar-refractivity contribution in [3.63, 3.8) is 0 Å². The molecule has 0 saturated carbocycles. The number of methoxy groups -OCH3 is 1. The Morgan fingerprint density at radius 2 is 2.33 bits per heavy atom. The molecule has 0 fully saturated rings. The van der Waals surface area contributed by atoms with Crippen LogP contribution < -0.4 is 5.43 Å². The van der Waals surface area contributed by atoms with Gasteiger partial charge in [-0.1, -0.05) is 11.8 Å². The summed E-state index contributed by atoms with van der Waals surface area (Å²) in [6, 6.07) is 1.40. The largest absolute Gasteiger partial charge is 0.481 e. The van der Waals surface area contributed by atoms with Crippen LogP contribution in [0.5, 0.6) is 0 Å². The quantitative estimate of drug-likeness (QED) is 0.715. The molecule has 0 aliphatic rings. The normalized spacial score (nSPS) is 10.7. The van der Waals surface area contributed by atoms with Crippen LogP contribution in [0.15, 0.2) is 28.4 Å². The molecular weight excluding hydrogens is 296 g/mol. The minimum Gasteiger partial charge on any atom is -0.481 e. The molecular formula is C12H14N4O4S. The first kappa shape index (κ1) is 15.3. The standard InChI is InChI=1S/C12H14N4O4S/c1-20-5-4-16-11(8-6-13-3-2-9(8)17)14-15-12(16)21-7-10(18)19/h2-3,6H,4-5,7H2,1H3,(H,13,17)(H,18,19). The highest BCUT2D eigenvalue weighted by atomic mass is 32.2. The lowest BCUT2D eigenvalue weighted by Crippen LogP contribution is -2.12. The number of H-pyrrole nitrogens is 1. The van der Waals surface area contributed by atoms with E-state index in [9.17, 15) is 9.59 Å². The van der Waals surface area contributed by atoms with Crippen LogP contribution in [0, 0.1) is 0 Å². The Bertz CT molecular complexity index is 682.